The molecule has 1 N–H and O–H groups in total. The van der Waals surface area contributed by atoms with Gasteiger partial charge in [-0.3, -0.25) is 9.59 Å². The summed E-state index contributed by atoms with van der Waals surface area (Å²) in [5, 5.41) is 2.23. The summed E-state index contributed by atoms with van der Waals surface area (Å²) in [6, 6.07) is 0. The fourth-order valence-corrected chi connectivity index (χ4v) is 4.84. The third-order valence-electron chi connectivity index (χ3n) is 4.52. The molecule has 0 spiro atoms. The monoisotopic (exact) mass is 316 g/mol. The predicted molar refractivity (Wildman–Crippen MR) is 79.4 cm³/mol. The predicted octanol–water partition coefficient (Wildman–Crippen LogP) is 0.327. The van der Waals surface area contributed by atoms with Gasteiger partial charge in [0.2, 0.25) is 11.8 Å². The molecule has 21 heavy (non-hydrogen) atoms. The van der Waals surface area contributed by atoms with Crippen molar-refractivity contribution in [3.63, 3.8) is 0 Å². The first-order valence-electron chi connectivity index (χ1n) is 7.46. The Hall–Kier alpha value is -1.11. The quantitative estimate of drug-likeness (QED) is 0.810. The summed E-state index contributed by atoms with van der Waals surface area (Å²) >= 11 is 0. The molecule has 2 aliphatic rings. The van der Waals surface area contributed by atoms with Crippen LogP contribution in [0.2, 0.25) is 0 Å². The second-order valence-electron chi connectivity index (χ2n) is 6.46. The Balaban J connectivity index is 2.13. The molecule has 1 atom stereocenters. The molecule has 1 heterocycles. The van der Waals surface area contributed by atoms with Gasteiger partial charge >= 0.3 is 0 Å². The Morgan fingerprint density at radius 3 is 2.33 bits per heavy atom. The molecule has 0 aromatic carbocycles. The molecule has 120 valence electrons. The van der Waals surface area contributed by atoms with Crippen LogP contribution in [-0.2, 0) is 19.4 Å². The smallest absolute Gasteiger partial charge is 0.243 e. The summed E-state index contributed by atoms with van der Waals surface area (Å²) in [6.45, 7) is 3.82. The molecule has 2 amide bonds. The van der Waals surface area contributed by atoms with Crippen LogP contribution in [0.3, 0.4) is 0 Å². The van der Waals surface area contributed by atoms with Gasteiger partial charge in [-0.25, -0.2) is 8.42 Å². The fourth-order valence-electron chi connectivity index (χ4n) is 2.88. The Morgan fingerprint density at radius 1 is 1.19 bits per heavy atom. The lowest BCUT2D eigenvalue weighted by Gasteiger charge is -2.36. The van der Waals surface area contributed by atoms with E-state index in [2.05, 4.69) is 5.32 Å². The maximum Gasteiger partial charge on any atom is 0.243 e. The first-order chi connectivity index (χ1) is 9.71. The number of likely N-dealkylation sites (tertiary alicyclic amines) is 1. The Labute approximate surface area is 126 Å². The third-order valence-corrected chi connectivity index (χ3v) is 7.46. The average Bonchev–Trinajstić information content (AvgIpc) is 3.30. The molecule has 1 unspecified atom stereocenters. The SMILES string of the molecule is CNC(=O)C1CCCN(C(=O)C(C)(C)S(=O)(=O)C2CC2)C1. The summed E-state index contributed by atoms with van der Waals surface area (Å²) in [5.41, 5.74) is 0. The van der Waals surface area contributed by atoms with Crippen molar-refractivity contribution in [1.29, 1.82) is 0 Å². The average molecular weight is 316 g/mol. The Bertz CT molecular complexity index is 537. The van der Waals surface area contributed by atoms with Crippen molar-refractivity contribution < 1.29 is 18.0 Å². The number of carbonyl (C=O) groups excluding carboxylic acids is 2. The van der Waals surface area contributed by atoms with Gasteiger partial charge in [-0.05, 0) is 39.5 Å². The third kappa shape index (κ3) is 2.93. The van der Waals surface area contributed by atoms with Gasteiger partial charge < -0.3 is 10.2 Å². The molecule has 0 bridgehead atoms. The van der Waals surface area contributed by atoms with Gasteiger partial charge in [0.25, 0.3) is 0 Å². The highest BCUT2D eigenvalue weighted by atomic mass is 32.2. The van der Waals surface area contributed by atoms with Crippen molar-refractivity contribution in [1.82, 2.24) is 10.2 Å². The molecule has 0 aromatic rings. The molecule has 1 saturated heterocycles. The van der Waals surface area contributed by atoms with Crippen molar-refractivity contribution in [2.45, 2.75) is 49.5 Å². The number of rotatable bonds is 4. The van der Waals surface area contributed by atoms with Gasteiger partial charge in [0, 0.05) is 20.1 Å². The molecule has 1 aliphatic heterocycles. The van der Waals surface area contributed by atoms with E-state index in [1.165, 1.54) is 13.8 Å². The summed E-state index contributed by atoms with van der Waals surface area (Å²) in [4.78, 5) is 25.9. The lowest BCUT2D eigenvalue weighted by Crippen LogP contribution is -2.54. The number of hydrogen-bond acceptors (Lipinski definition) is 4. The van der Waals surface area contributed by atoms with Crippen LogP contribution in [-0.4, -0.2) is 55.3 Å². The zero-order chi connectivity index (χ0) is 15.8. The Morgan fingerprint density at radius 2 is 1.81 bits per heavy atom. The molecule has 0 aromatic heterocycles. The number of piperidine rings is 1. The fraction of sp³-hybridized carbons (Fsp3) is 0.857. The van der Waals surface area contributed by atoms with Gasteiger partial charge in [0.05, 0.1) is 11.2 Å². The topological polar surface area (TPSA) is 83.6 Å². The molecular weight excluding hydrogens is 292 g/mol. The molecule has 2 fully saturated rings. The zero-order valence-corrected chi connectivity index (χ0v) is 13.7. The molecule has 1 aliphatic carbocycles. The maximum absolute atomic E-state index is 12.7. The second kappa shape index (κ2) is 5.59. The molecule has 6 nitrogen and oxygen atoms in total. The summed E-state index contributed by atoms with van der Waals surface area (Å²) in [7, 11) is -1.87. The standard InChI is InChI=1S/C14H24N2O4S/c1-14(2,21(19,20)11-6-7-11)13(18)16-8-4-5-10(9-16)12(17)15-3/h10-11H,4-9H2,1-3H3,(H,15,17). The van der Waals surface area contributed by atoms with Crippen molar-refractivity contribution >= 4 is 21.7 Å². The normalized spacial score (nSPS) is 23.8. The van der Waals surface area contributed by atoms with Crippen molar-refractivity contribution in [2.24, 2.45) is 5.92 Å². The van der Waals surface area contributed by atoms with Gasteiger partial charge in [-0.2, -0.15) is 0 Å². The number of nitrogens with zero attached hydrogens (tertiary/aromatic N) is 1. The summed E-state index contributed by atoms with van der Waals surface area (Å²) in [5.74, 6) is -0.703. The second-order valence-corrected chi connectivity index (χ2v) is 9.24. The molecular formula is C14H24N2O4S. The van der Waals surface area contributed by atoms with E-state index in [9.17, 15) is 18.0 Å². The molecule has 0 radical (unpaired) electrons. The van der Waals surface area contributed by atoms with E-state index in [1.807, 2.05) is 0 Å². The van der Waals surface area contributed by atoms with Gasteiger partial charge in [-0.1, -0.05) is 0 Å². The van der Waals surface area contributed by atoms with E-state index in [-0.39, 0.29) is 23.0 Å². The summed E-state index contributed by atoms with van der Waals surface area (Å²) in [6.07, 6.45) is 2.77. The number of amides is 2. The maximum atomic E-state index is 12.7. The van der Waals surface area contributed by atoms with Crippen LogP contribution in [0.1, 0.15) is 39.5 Å². The zero-order valence-electron chi connectivity index (χ0n) is 12.9. The van der Waals surface area contributed by atoms with E-state index in [0.29, 0.717) is 25.9 Å². The molecule has 2 rings (SSSR count). The van der Waals surface area contributed by atoms with E-state index in [4.69, 9.17) is 0 Å². The minimum atomic E-state index is -3.45. The van der Waals surface area contributed by atoms with Crippen LogP contribution >= 0.6 is 0 Å². The number of nitrogens with one attached hydrogen (secondary N) is 1. The van der Waals surface area contributed by atoms with E-state index < -0.39 is 14.6 Å². The van der Waals surface area contributed by atoms with Crippen LogP contribution in [0.4, 0.5) is 0 Å². The van der Waals surface area contributed by atoms with Crippen LogP contribution in [0, 0.1) is 5.92 Å². The van der Waals surface area contributed by atoms with Crippen molar-refractivity contribution in [2.75, 3.05) is 20.1 Å². The molecule has 1 saturated carbocycles. The van der Waals surface area contributed by atoms with Crippen molar-refractivity contribution in [3.05, 3.63) is 0 Å². The first kappa shape index (κ1) is 16.3. The minimum absolute atomic E-state index is 0.0876. The molecule has 7 heteroatoms. The van der Waals surface area contributed by atoms with Crippen molar-refractivity contribution in [3.8, 4) is 0 Å². The van der Waals surface area contributed by atoms with Gasteiger partial charge in [0.15, 0.2) is 9.84 Å². The highest BCUT2D eigenvalue weighted by molar-refractivity contribution is 7.94. The van der Waals surface area contributed by atoms with Crippen LogP contribution < -0.4 is 5.32 Å². The van der Waals surface area contributed by atoms with E-state index >= 15 is 0 Å². The van der Waals surface area contributed by atoms with E-state index in [1.54, 1.807) is 11.9 Å². The summed E-state index contributed by atoms with van der Waals surface area (Å²) < 4.78 is 23.5. The lowest BCUT2D eigenvalue weighted by atomic mass is 9.96. The number of hydrogen-bond donors (Lipinski definition) is 1. The van der Waals surface area contributed by atoms with Gasteiger partial charge in [-0.15, -0.1) is 0 Å². The van der Waals surface area contributed by atoms with Crippen LogP contribution in [0.5, 0.6) is 0 Å². The van der Waals surface area contributed by atoms with E-state index in [0.717, 1.165) is 12.8 Å². The largest absolute Gasteiger partial charge is 0.359 e. The van der Waals surface area contributed by atoms with Gasteiger partial charge in [0.1, 0.15) is 4.75 Å². The Kier molecular flexibility index (Phi) is 4.33. The highest BCUT2D eigenvalue weighted by Gasteiger charge is 2.52. The highest BCUT2D eigenvalue weighted by Crippen LogP contribution is 2.37. The van der Waals surface area contributed by atoms with Crippen LogP contribution in [0.15, 0.2) is 0 Å². The minimum Gasteiger partial charge on any atom is -0.359 e. The first-order valence-corrected chi connectivity index (χ1v) is 9.01. The number of carbonyl (C=O) groups is 2. The number of sulfone groups is 1. The van der Waals surface area contributed by atoms with Crippen LogP contribution in [0.25, 0.3) is 0 Å². The lowest BCUT2D eigenvalue weighted by molar-refractivity contribution is -0.137.